The summed E-state index contributed by atoms with van der Waals surface area (Å²) in [5.74, 6) is -0.929. The highest BCUT2D eigenvalue weighted by Gasteiger charge is 2.25. The minimum atomic E-state index is -0.636. The van der Waals surface area contributed by atoms with E-state index in [0.29, 0.717) is 22.4 Å². The maximum atomic E-state index is 11.8. The van der Waals surface area contributed by atoms with Gasteiger partial charge in [0.2, 0.25) is 0 Å². The highest BCUT2D eigenvalue weighted by atomic mass is 79.9. The lowest BCUT2D eigenvalue weighted by Gasteiger charge is -2.12. The van der Waals surface area contributed by atoms with Gasteiger partial charge in [0.15, 0.2) is 16.7 Å². The van der Waals surface area contributed by atoms with Crippen molar-refractivity contribution >= 4 is 56.9 Å². The SMILES string of the molecule is CCOc1cc(C=N/N=C2/NC(=O)/C(=C\C(=O)OC)S2)cc(Br)c1OC(C)=O. The molecule has 1 fully saturated rings. The molecule has 1 saturated heterocycles. The van der Waals surface area contributed by atoms with Crippen LogP contribution < -0.4 is 14.8 Å². The van der Waals surface area contributed by atoms with E-state index < -0.39 is 17.8 Å². The molecular formula is C17H16BrN3O6S. The lowest BCUT2D eigenvalue weighted by atomic mass is 10.2. The summed E-state index contributed by atoms with van der Waals surface area (Å²) in [6, 6.07) is 3.31. The summed E-state index contributed by atoms with van der Waals surface area (Å²) in [6.45, 7) is 3.48. The Morgan fingerprint density at radius 2 is 2.11 bits per heavy atom. The Labute approximate surface area is 173 Å². The van der Waals surface area contributed by atoms with E-state index in [1.807, 2.05) is 0 Å². The van der Waals surface area contributed by atoms with Crippen LogP contribution in [0.5, 0.6) is 11.5 Å². The van der Waals surface area contributed by atoms with Crippen molar-refractivity contribution < 1.29 is 28.6 Å². The summed E-state index contributed by atoms with van der Waals surface area (Å²) in [5, 5.41) is 10.5. The van der Waals surface area contributed by atoms with Crippen LogP contribution in [0.4, 0.5) is 0 Å². The largest absolute Gasteiger partial charge is 0.490 e. The molecule has 0 aromatic heterocycles. The summed E-state index contributed by atoms with van der Waals surface area (Å²) >= 11 is 4.30. The quantitative estimate of drug-likeness (QED) is 0.223. The molecule has 1 amide bonds. The molecule has 1 aliphatic heterocycles. The number of thioether (sulfide) groups is 1. The standard InChI is InChI=1S/C17H16BrN3O6S/c1-4-26-12-6-10(5-11(18)15(12)27-9(2)22)8-19-21-17-20-16(24)13(28-17)7-14(23)25-3/h5-8H,4H2,1-3H3,(H,20,21,24)/b13-7+,19-8?. The van der Waals surface area contributed by atoms with E-state index in [-0.39, 0.29) is 15.8 Å². The molecule has 0 spiro atoms. The molecule has 0 aliphatic carbocycles. The number of carbonyl (C=O) groups excluding carboxylic acids is 3. The fourth-order valence-electron chi connectivity index (χ4n) is 1.96. The molecule has 11 heteroatoms. The van der Waals surface area contributed by atoms with Crippen molar-refractivity contribution in [3.05, 3.63) is 33.2 Å². The molecule has 0 atom stereocenters. The van der Waals surface area contributed by atoms with Crippen molar-refractivity contribution in [2.45, 2.75) is 13.8 Å². The van der Waals surface area contributed by atoms with E-state index in [0.717, 1.165) is 17.8 Å². The zero-order chi connectivity index (χ0) is 20.7. The maximum Gasteiger partial charge on any atom is 0.331 e. The Morgan fingerprint density at radius 1 is 1.36 bits per heavy atom. The third-order valence-electron chi connectivity index (χ3n) is 3.03. The monoisotopic (exact) mass is 469 g/mol. The van der Waals surface area contributed by atoms with Crippen LogP contribution in [-0.4, -0.2) is 42.9 Å². The number of amides is 1. The van der Waals surface area contributed by atoms with Gasteiger partial charge < -0.3 is 14.2 Å². The Morgan fingerprint density at radius 3 is 2.75 bits per heavy atom. The van der Waals surface area contributed by atoms with Gasteiger partial charge in [0.1, 0.15) is 0 Å². The molecule has 28 heavy (non-hydrogen) atoms. The van der Waals surface area contributed by atoms with Crippen LogP contribution in [0.3, 0.4) is 0 Å². The van der Waals surface area contributed by atoms with Gasteiger partial charge in [0, 0.05) is 13.0 Å². The molecule has 0 saturated carbocycles. The highest BCUT2D eigenvalue weighted by molar-refractivity contribution is 9.10. The second kappa shape index (κ2) is 10.0. The van der Waals surface area contributed by atoms with Crippen LogP contribution in [0.25, 0.3) is 0 Å². The second-order valence-electron chi connectivity index (χ2n) is 5.09. The Kier molecular flexibility index (Phi) is 7.76. The predicted octanol–water partition coefficient (Wildman–Crippen LogP) is 2.38. The van der Waals surface area contributed by atoms with Crippen LogP contribution in [0.2, 0.25) is 0 Å². The van der Waals surface area contributed by atoms with Gasteiger partial charge in [-0.3, -0.25) is 14.9 Å². The number of rotatable bonds is 6. The maximum absolute atomic E-state index is 11.8. The van der Waals surface area contributed by atoms with Crippen molar-refractivity contribution in [2.24, 2.45) is 10.2 Å². The van der Waals surface area contributed by atoms with Crippen molar-refractivity contribution in [3.63, 3.8) is 0 Å². The number of halogens is 1. The molecule has 0 bridgehead atoms. The van der Waals surface area contributed by atoms with Crippen LogP contribution in [0, 0.1) is 0 Å². The van der Waals surface area contributed by atoms with Gasteiger partial charge >= 0.3 is 11.9 Å². The zero-order valence-electron chi connectivity index (χ0n) is 15.1. The number of hydrogen-bond acceptors (Lipinski definition) is 9. The molecule has 1 aromatic rings. The molecule has 1 aliphatic rings. The number of benzene rings is 1. The van der Waals surface area contributed by atoms with Crippen molar-refractivity contribution in [3.8, 4) is 11.5 Å². The number of nitrogens with zero attached hydrogens (tertiary/aromatic N) is 2. The van der Waals surface area contributed by atoms with E-state index in [1.54, 1.807) is 19.1 Å². The number of ether oxygens (including phenoxy) is 3. The first kappa shape index (κ1) is 21.6. The molecule has 9 nitrogen and oxygen atoms in total. The van der Waals surface area contributed by atoms with Crippen molar-refractivity contribution in [2.75, 3.05) is 13.7 Å². The fourth-order valence-corrected chi connectivity index (χ4v) is 3.24. The number of nitrogens with one attached hydrogen (secondary N) is 1. The molecule has 0 radical (unpaired) electrons. The molecule has 1 N–H and O–H groups in total. The summed E-state index contributed by atoms with van der Waals surface area (Å²) in [4.78, 5) is 34.4. The lowest BCUT2D eigenvalue weighted by molar-refractivity contribution is -0.135. The normalized spacial score (nSPS) is 16.5. The smallest absolute Gasteiger partial charge is 0.331 e. The van der Waals surface area contributed by atoms with Crippen LogP contribution >= 0.6 is 27.7 Å². The summed E-state index contributed by atoms with van der Waals surface area (Å²) < 4.78 is 15.6. The van der Waals surface area contributed by atoms with Gasteiger partial charge in [-0.25, -0.2) is 4.79 Å². The average Bonchev–Trinajstić information content (AvgIpc) is 2.97. The molecule has 1 aromatic carbocycles. The van der Waals surface area contributed by atoms with Crippen molar-refractivity contribution in [1.29, 1.82) is 0 Å². The number of carbonyl (C=O) groups is 3. The zero-order valence-corrected chi connectivity index (χ0v) is 17.5. The van der Waals surface area contributed by atoms with Gasteiger partial charge in [-0.2, -0.15) is 5.10 Å². The van der Waals surface area contributed by atoms with Gasteiger partial charge in [-0.15, -0.1) is 5.10 Å². The van der Waals surface area contributed by atoms with E-state index >= 15 is 0 Å². The van der Waals surface area contributed by atoms with E-state index in [1.165, 1.54) is 20.2 Å². The predicted molar refractivity (Wildman–Crippen MR) is 107 cm³/mol. The summed E-state index contributed by atoms with van der Waals surface area (Å²) in [6.07, 6.45) is 2.51. The van der Waals surface area contributed by atoms with E-state index in [2.05, 4.69) is 36.2 Å². The Balaban J connectivity index is 2.19. The van der Waals surface area contributed by atoms with Crippen molar-refractivity contribution in [1.82, 2.24) is 5.32 Å². The van der Waals surface area contributed by atoms with E-state index in [4.69, 9.17) is 9.47 Å². The summed E-state index contributed by atoms with van der Waals surface area (Å²) in [7, 11) is 1.22. The van der Waals surface area contributed by atoms with E-state index in [9.17, 15) is 14.4 Å². The summed E-state index contributed by atoms with van der Waals surface area (Å²) in [5.41, 5.74) is 0.621. The van der Waals surface area contributed by atoms with Gasteiger partial charge in [-0.1, -0.05) is 0 Å². The molecule has 0 unspecified atom stereocenters. The average molecular weight is 470 g/mol. The van der Waals surface area contributed by atoms with Gasteiger partial charge in [0.25, 0.3) is 5.91 Å². The Bertz CT molecular complexity index is 897. The van der Waals surface area contributed by atoms with Crippen LogP contribution in [0.1, 0.15) is 19.4 Å². The first-order chi connectivity index (χ1) is 13.3. The molecule has 1 heterocycles. The number of esters is 2. The Hall–Kier alpha value is -2.66. The minimum absolute atomic E-state index is 0.160. The fraction of sp³-hybridized carbons (Fsp3) is 0.235. The molecule has 148 valence electrons. The second-order valence-corrected chi connectivity index (χ2v) is 6.98. The first-order valence-electron chi connectivity index (χ1n) is 7.88. The highest BCUT2D eigenvalue weighted by Crippen LogP contribution is 2.36. The first-order valence-corrected chi connectivity index (χ1v) is 9.49. The number of methoxy groups -OCH3 is 1. The van der Waals surface area contributed by atoms with Gasteiger partial charge in [0.05, 0.1) is 29.3 Å². The van der Waals surface area contributed by atoms with Crippen LogP contribution in [0.15, 0.2) is 37.8 Å². The van der Waals surface area contributed by atoms with Gasteiger partial charge in [-0.05, 0) is 52.3 Å². The number of amidine groups is 1. The molecular weight excluding hydrogens is 454 g/mol. The third-order valence-corrected chi connectivity index (χ3v) is 4.52. The number of hydrogen-bond donors (Lipinski definition) is 1. The topological polar surface area (TPSA) is 116 Å². The molecule has 2 rings (SSSR count). The lowest BCUT2D eigenvalue weighted by Crippen LogP contribution is -2.19. The minimum Gasteiger partial charge on any atom is -0.490 e. The third kappa shape index (κ3) is 5.92. The van der Waals surface area contributed by atoms with Crippen LogP contribution in [-0.2, 0) is 19.1 Å².